The number of benzene rings is 2. The molecule has 2 fully saturated rings. The predicted molar refractivity (Wildman–Crippen MR) is 170 cm³/mol. The molecule has 3 aliphatic carbocycles. The number of allylic oxidation sites excluding steroid dienone is 2. The van der Waals surface area contributed by atoms with Crippen LogP contribution in [0, 0.1) is 17.3 Å². The third-order valence-corrected chi connectivity index (χ3v) is 10.1. The van der Waals surface area contributed by atoms with Crippen LogP contribution in [0.5, 0.6) is 11.5 Å². The lowest BCUT2D eigenvalue weighted by Gasteiger charge is -2.51. The number of phenols is 1. The van der Waals surface area contributed by atoms with Gasteiger partial charge >= 0.3 is 0 Å². The molecule has 242 valence electrons. The highest BCUT2D eigenvalue weighted by Crippen LogP contribution is 2.58. The van der Waals surface area contributed by atoms with Crippen LogP contribution in [0.2, 0.25) is 0 Å². The SMILES string of the molecule is C=C[C@]12C(=O)C3=C(O)c4c(O)ccc(-c5cc(CN6CCOCC6)ccc5OC)c4C[C@H]3C[C@H]1[C@H](N(C)C)C(=O)C(C(N)=O)=C2O. The Labute approximate surface area is 267 Å². The first-order chi connectivity index (χ1) is 22.0. The molecular weight excluding hydrogens is 590 g/mol. The van der Waals surface area contributed by atoms with Crippen molar-refractivity contribution >= 4 is 23.2 Å². The zero-order chi connectivity index (χ0) is 33.1. The van der Waals surface area contributed by atoms with E-state index in [2.05, 4.69) is 11.5 Å². The fourth-order valence-corrected chi connectivity index (χ4v) is 7.99. The Morgan fingerprint density at radius 3 is 2.50 bits per heavy atom. The van der Waals surface area contributed by atoms with Crippen molar-refractivity contribution in [3.8, 4) is 22.6 Å². The second kappa shape index (κ2) is 11.7. The number of aliphatic hydroxyl groups is 2. The van der Waals surface area contributed by atoms with Crippen LogP contribution in [0.4, 0.5) is 0 Å². The maximum Gasteiger partial charge on any atom is 0.255 e. The minimum atomic E-state index is -1.88. The molecule has 0 aromatic heterocycles. The quantitative estimate of drug-likeness (QED) is 0.265. The van der Waals surface area contributed by atoms with Gasteiger partial charge < -0.3 is 30.5 Å². The van der Waals surface area contributed by atoms with Crippen LogP contribution in [0.3, 0.4) is 0 Å². The molecule has 1 saturated heterocycles. The molecule has 0 spiro atoms. The lowest BCUT2D eigenvalue weighted by atomic mass is 9.52. The Morgan fingerprint density at radius 2 is 1.87 bits per heavy atom. The number of aliphatic hydroxyl groups excluding tert-OH is 2. The van der Waals surface area contributed by atoms with Gasteiger partial charge in [-0.05, 0) is 67.7 Å². The van der Waals surface area contributed by atoms with E-state index in [1.807, 2.05) is 18.2 Å². The number of morpholine rings is 1. The number of Topliss-reactive ketones (excluding diaryl/α,β-unsaturated/α-hetero) is 2. The highest BCUT2D eigenvalue weighted by atomic mass is 16.5. The molecule has 1 amide bonds. The number of hydrogen-bond donors (Lipinski definition) is 4. The maximum absolute atomic E-state index is 14.5. The smallest absolute Gasteiger partial charge is 0.255 e. The van der Waals surface area contributed by atoms with Gasteiger partial charge in [-0.3, -0.25) is 24.2 Å². The molecule has 0 unspecified atom stereocenters. The first kappa shape index (κ1) is 31.5. The Kier molecular flexibility index (Phi) is 8.04. The summed E-state index contributed by atoms with van der Waals surface area (Å²) in [6, 6.07) is 8.24. The third kappa shape index (κ3) is 4.64. The number of ketones is 2. The molecule has 0 bridgehead atoms. The number of rotatable bonds is 7. The number of carbonyl (C=O) groups excluding carboxylic acids is 3. The molecule has 2 aromatic carbocycles. The van der Waals surface area contributed by atoms with Gasteiger partial charge in [-0.2, -0.15) is 0 Å². The van der Waals surface area contributed by atoms with Crippen molar-refractivity contribution in [1.29, 1.82) is 0 Å². The average Bonchev–Trinajstić information content (AvgIpc) is 3.01. The molecule has 6 rings (SSSR count). The van der Waals surface area contributed by atoms with Crippen LogP contribution in [0.25, 0.3) is 16.9 Å². The molecule has 11 heteroatoms. The van der Waals surface area contributed by atoms with Crippen LogP contribution >= 0.6 is 0 Å². The Morgan fingerprint density at radius 1 is 1.15 bits per heavy atom. The van der Waals surface area contributed by atoms with Crippen LogP contribution in [-0.2, 0) is 32.1 Å². The Bertz CT molecular complexity index is 1720. The highest BCUT2D eigenvalue weighted by Gasteiger charge is 2.63. The summed E-state index contributed by atoms with van der Waals surface area (Å²) in [6.45, 7) is 7.55. The predicted octanol–water partition coefficient (Wildman–Crippen LogP) is 2.91. The number of methoxy groups -OCH3 is 1. The number of amides is 1. The normalized spacial score (nSPS) is 26.5. The van der Waals surface area contributed by atoms with E-state index in [4.69, 9.17) is 15.2 Å². The molecule has 11 nitrogen and oxygen atoms in total. The monoisotopic (exact) mass is 629 g/mol. The zero-order valence-corrected chi connectivity index (χ0v) is 26.2. The van der Waals surface area contributed by atoms with E-state index in [0.717, 1.165) is 29.8 Å². The van der Waals surface area contributed by atoms with Crippen molar-refractivity contribution in [2.24, 2.45) is 23.0 Å². The van der Waals surface area contributed by atoms with Gasteiger partial charge in [-0.25, -0.2) is 0 Å². The summed E-state index contributed by atoms with van der Waals surface area (Å²) in [7, 11) is 4.90. The van der Waals surface area contributed by atoms with Crippen molar-refractivity contribution < 1.29 is 39.2 Å². The summed E-state index contributed by atoms with van der Waals surface area (Å²) in [4.78, 5) is 44.4. The number of ether oxygens (including phenoxy) is 2. The number of primary amides is 1. The minimum absolute atomic E-state index is 0.00589. The molecule has 4 aliphatic rings. The summed E-state index contributed by atoms with van der Waals surface area (Å²) in [6.07, 6.45) is 1.70. The molecule has 1 saturated carbocycles. The van der Waals surface area contributed by atoms with Crippen molar-refractivity contribution in [3.05, 3.63) is 76.6 Å². The fraction of sp³-hybridized carbons (Fsp3) is 0.400. The van der Waals surface area contributed by atoms with Crippen LogP contribution in [-0.4, -0.2) is 96.1 Å². The number of fused-ring (bicyclic) bond motifs is 3. The molecule has 46 heavy (non-hydrogen) atoms. The van der Waals surface area contributed by atoms with E-state index in [9.17, 15) is 29.7 Å². The third-order valence-electron chi connectivity index (χ3n) is 10.1. The van der Waals surface area contributed by atoms with Gasteiger partial charge in [0.15, 0.2) is 11.6 Å². The minimum Gasteiger partial charge on any atom is -0.510 e. The molecular formula is C35H39N3O8. The number of nitrogens with zero attached hydrogens (tertiary/aromatic N) is 2. The average molecular weight is 630 g/mol. The standard InChI is InChI=1S/C35H39N3O8/c1-5-35-23(29(37(2)3)31(41)28(33(35)43)34(36)44)16-19-15-22-20(7-8-24(39)27(22)30(40)26(19)32(35)42)21-14-18(6-9-25(21)45-4)17-38-10-12-46-13-11-38/h5-9,14,19,23,29,39-40,43H,1,10-13,15-17H2,2-4H3,(H2,36,44)/t19-,23-,29-,35+/m0/s1. The molecule has 2 aromatic rings. The fourth-order valence-electron chi connectivity index (χ4n) is 7.99. The molecule has 1 aliphatic heterocycles. The number of likely N-dealkylation sites (N-methyl/N-ethyl adjacent to an activating group) is 1. The van der Waals surface area contributed by atoms with E-state index in [-0.39, 0.29) is 29.7 Å². The number of nitrogens with two attached hydrogens (primary N) is 1. The van der Waals surface area contributed by atoms with Gasteiger partial charge in [0, 0.05) is 36.7 Å². The topological polar surface area (TPSA) is 163 Å². The van der Waals surface area contributed by atoms with Gasteiger partial charge in [-0.15, -0.1) is 6.58 Å². The van der Waals surface area contributed by atoms with Crippen molar-refractivity contribution in [3.63, 3.8) is 0 Å². The van der Waals surface area contributed by atoms with E-state index in [0.29, 0.717) is 31.1 Å². The van der Waals surface area contributed by atoms with E-state index < -0.39 is 57.9 Å². The first-order valence-corrected chi connectivity index (χ1v) is 15.3. The van der Waals surface area contributed by atoms with E-state index in [1.54, 1.807) is 32.2 Å². The largest absolute Gasteiger partial charge is 0.510 e. The van der Waals surface area contributed by atoms with E-state index >= 15 is 0 Å². The van der Waals surface area contributed by atoms with Crippen LogP contribution in [0.1, 0.15) is 23.1 Å². The van der Waals surface area contributed by atoms with Crippen LogP contribution in [0.15, 0.2) is 59.9 Å². The second-order valence-corrected chi connectivity index (χ2v) is 12.7. The Balaban J connectivity index is 1.52. The van der Waals surface area contributed by atoms with E-state index in [1.165, 1.54) is 12.1 Å². The van der Waals surface area contributed by atoms with Crippen molar-refractivity contribution in [2.45, 2.75) is 25.4 Å². The summed E-state index contributed by atoms with van der Waals surface area (Å²) < 4.78 is 11.3. The Hall–Kier alpha value is -4.45. The summed E-state index contributed by atoms with van der Waals surface area (Å²) in [5, 5.41) is 34.3. The maximum atomic E-state index is 14.5. The summed E-state index contributed by atoms with van der Waals surface area (Å²) in [5.41, 5.74) is 6.33. The van der Waals surface area contributed by atoms with Gasteiger partial charge in [0.2, 0.25) is 0 Å². The summed E-state index contributed by atoms with van der Waals surface area (Å²) >= 11 is 0. The second-order valence-electron chi connectivity index (χ2n) is 12.7. The number of aromatic hydroxyl groups is 1. The number of hydrogen-bond acceptors (Lipinski definition) is 10. The van der Waals surface area contributed by atoms with Crippen molar-refractivity contribution in [1.82, 2.24) is 9.80 Å². The first-order valence-electron chi connectivity index (χ1n) is 15.3. The number of carbonyl (C=O) groups is 3. The molecule has 1 heterocycles. The van der Waals surface area contributed by atoms with Gasteiger partial charge in [0.25, 0.3) is 5.91 Å². The lowest BCUT2D eigenvalue weighted by molar-refractivity contribution is -0.137. The van der Waals surface area contributed by atoms with Crippen LogP contribution < -0.4 is 10.5 Å². The molecule has 4 atom stereocenters. The highest BCUT2D eigenvalue weighted by molar-refractivity contribution is 6.24. The van der Waals surface area contributed by atoms with Gasteiger partial charge in [0.05, 0.1) is 31.9 Å². The van der Waals surface area contributed by atoms with Gasteiger partial charge in [0.1, 0.15) is 34.0 Å². The molecule has 5 N–H and O–H groups in total. The lowest BCUT2D eigenvalue weighted by Crippen LogP contribution is -2.61. The van der Waals surface area contributed by atoms with Gasteiger partial charge in [-0.1, -0.05) is 18.2 Å². The zero-order valence-electron chi connectivity index (χ0n) is 26.2. The number of phenolic OH excluding ortho intramolecular Hbond substituents is 1. The van der Waals surface area contributed by atoms with Crippen molar-refractivity contribution in [2.75, 3.05) is 47.5 Å². The molecule has 0 radical (unpaired) electrons. The summed E-state index contributed by atoms with van der Waals surface area (Å²) in [5.74, 6) is -4.65.